The Morgan fingerprint density at radius 2 is 1.90 bits per heavy atom. The summed E-state index contributed by atoms with van der Waals surface area (Å²) in [6, 6.07) is 15.5. The lowest BCUT2D eigenvalue weighted by atomic mass is 9.63. The van der Waals surface area contributed by atoms with Crippen molar-refractivity contribution in [1.29, 1.82) is 5.26 Å². The number of nitriles is 1. The molecule has 2 aliphatic rings. The van der Waals surface area contributed by atoms with Gasteiger partial charge in [-0.05, 0) is 42.7 Å². The third-order valence-electron chi connectivity index (χ3n) is 7.99. The van der Waals surface area contributed by atoms with Crippen LogP contribution in [0.3, 0.4) is 0 Å². The maximum absolute atomic E-state index is 16.5. The number of hydrogen-bond acceptors (Lipinski definition) is 5. The second-order valence-electron chi connectivity index (χ2n) is 10.1. The molecule has 1 aliphatic carbocycles. The van der Waals surface area contributed by atoms with E-state index in [9.17, 15) is 14.4 Å². The summed E-state index contributed by atoms with van der Waals surface area (Å²) in [7, 11) is 2.78. The zero-order valence-electron chi connectivity index (χ0n) is 21.6. The van der Waals surface area contributed by atoms with Crippen LogP contribution in [0.5, 0.6) is 5.75 Å². The molecule has 1 aliphatic heterocycles. The summed E-state index contributed by atoms with van der Waals surface area (Å²) >= 11 is 0. The van der Waals surface area contributed by atoms with Gasteiger partial charge in [0.1, 0.15) is 17.4 Å². The van der Waals surface area contributed by atoms with Gasteiger partial charge in [0.2, 0.25) is 0 Å². The normalized spacial score (nSPS) is 15.1. The first-order valence-corrected chi connectivity index (χ1v) is 12.7. The molecule has 6 rings (SSSR count). The number of aliphatic imine (C=N–C) groups is 1. The molecule has 6 nitrogen and oxygen atoms in total. The van der Waals surface area contributed by atoms with E-state index >= 15 is 4.39 Å². The number of carbonyl (C=O) groups is 1. The molecule has 0 bridgehead atoms. The zero-order chi connectivity index (χ0) is 27.3. The number of esters is 1. The van der Waals surface area contributed by atoms with Crippen LogP contribution in [0.4, 0.5) is 8.78 Å². The van der Waals surface area contributed by atoms with Crippen molar-refractivity contribution in [2.45, 2.75) is 37.6 Å². The Hall–Kier alpha value is -4.51. The maximum atomic E-state index is 16.5. The van der Waals surface area contributed by atoms with Gasteiger partial charge in [-0.15, -0.1) is 0 Å². The monoisotopic (exact) mass is 525 g/mol. The minimum absolute atomic E-state index is 0.228. The van der Waals surface area contributed by atoms with Gasteiger partial charge >= 0.3 is 5.97 Å². The predicted molar refractivity (Wildman–Crippen MR) is 144 cm³/mol. The van der Waals surface area contributed by atoms with Crippen molar-refractivity contribution < 1.29 is 23.0 Å². The number of rotatable bonds is 6. The van der Waals surface area contributed by atoms with Crippen molar-refractivity contribution in [3.8, 4) is 28.6 Å². The fraction of sp³-hybridized carbons (Fsp3) is 0.258. The van der Waals surface area contributed by atoms with Crippen LogP contribution in [0.1, 0.15) is 52.9 Å². The van der Waals surface area contributed by atoms with Gasteiger partial charge in [0.25, 0.3) is 0 Å². The molecule has 1 fully saturated rings. The van der Waals surface area contributed by atoms with Gasteiger partial charge in [0.15, 0.2) is 0 Å². The SMILES string of the molecule is COC(=O)c1ccc(-c2c(C3(CC#N)CCC3)n(-c3cc(F)cc(OC)c3)c3cc4c(c(F)c23)CN=C4)cc1. The fourth-order valence-electron chi connectivity index (χ4n) is 5.96. The highest BCUT2D eigenvalue weighted by Gasteiger charge is 2.45. The van der Waals surface area contributed by atoms with E-state index in [4.69, 9.17) is 9.47 Å². The number of benzene rings is 3. The van der Waals surface area contributed by atoms with Gasteiger partial charge in [-0.3, -0.25) is 4.99 Å². The van der Waals surface area contributed by atoms with E-state index in [2.05, 4.69) is 11.1 Å². The summed E-state index contributed by atoms with van der Waals surface area (Å²) < 4.78 is 43.5. The number of carbonyl (C=O) groups excluding carboxylic acids is 1. The van der Waals surface area contributed by atoms with Crippen molar-refractivity contribution in [3.63, 3.8) is 0 Å². The van der Waals surface area contributed by atoms with Crippen LogP contribution in [0.15, 0.2) is 53.5 Å². The molecule has 0 saturated heterocycles. The highest BCUT2D eigenvalue weighted by atomic mass is 19.1. The molecule has 39 heavy (non-hydrogen) atoms. The summed E-state index contributed by atoms with van der Waals surface area (Å²) in [4.78, 5) is 16.4. The van der Waals surface area contributed by atoms with Crippen molar-refractivity contribution in [2.24, 2.45) is 4.99 Å². The molecule has 0 radical (unpaired) electrons. The molecule has 3 aromatic carbocycles. The number of methoxy groups -OCH3 is 2. The first kappa shape index (κ1) is 24.8. The number of nitrogens with zero attached hydrogens (tertiary/aromatic N) is 3. The predicted octanol–water partition coefficient (Wildman–Crippen LogP) is 6.64. The lowest BCUT2D eigenvalue weighted by Crippen LogP contribution is -2.36. The fourth-order valence-corrected chi connectivity index (χ4v) is 5.96. The van der Waals surface area contributed by atoms with Crippen LogP contribution in [0, 0.1) is 23.0 Å². The molecule has 1 saturated carbocycles. The molecule has 2 heterocycles. The highest BCUT2D eigenvalue weighted by molar-refractivity contribution is 6.04. The Balaban J connectivity index is 1.77. The van der Waals surface area contributed by atoms with E-state index < -0.39 is 17.2 Å². The van der Waals surface area contributed by atoms with E-state index in [1.165, 1.54) is 26.4 Å². The van der Waals surface area contributed by atoms with Crippen molar-refractivity contribution in [2.75, 3.05) is 14.2 Å². The zero-order valence-corrected chi connectivity index (χ0v) is 21.6. The Morgan fingerprint density at radius 1 is 1.13 bits per heavy atom. The molecule has 0 unspecified atom stereocenters. The second-order valence-corrected chi connectivity index (χ2v) is 10.1. The van der Waals surface area contributed by atoms with Crippen LogP contribution in [0.2, 0.25) is 0 Å². The van der Waals surface area contributed by atoms with Crippen LogP contribution in [0.25, 0.3) is 27.7 Å². The first-order valence-electron chi connectivity index (χ1n) is 12.7. The van der Waals surface area contributed by atoms with Gasteiger partial charge in [0.05, 0.1) is 43.6 Å². The van der Waals surface area contributed by atoms with E-state index in [0.717, 1.165) is 25.0 Å². The minimum Gasteiger partial charge on any atom is -0.497 e. The Kier molecular flexibility index (Phi) is 5.95. The Morgan fingerprint density at radius 3 is 2.54 bits per heavy atom. The number of fused-ring (bicyclic) bond motifs is 2. The Labute approximate surface area is 224 Å². The van der Waals surface area contributed by atoms with Crippen LogP contribution < -0.4 is 4.74 Å². The smallest absolute Gasteiger partial charge is 0.337 e. The topological polar surface area (TPSA) is 76.6 Å². The molecule has 0 spiro atoms. The molecule has 8 heteroatoms. The molecule has 0 N–H and O–H groups in total. The van der Waals surface area contributed by atoms with Gasteiger partial charge in [0, 0.05) is 58.0 Å². The molecule has 4 aromatic rings. The average Bonchev–Trinajstić information content (AvgIpc) is 3.53. The third kappa shape index (κ3) is 3.80. The van der Waals surface area contributed by atoms with E-state index in [-0.39, 0.29) is 18.8 Å². The van der Waals surface area contributed by atoms with Crippen LogP contribution in [-0.2, 0) is 16.7 Å². The van der Waals surface area contributed by atoms with Gasteiger partial charge in [-0.2, -0.15) is 5.26 Å². The number of halogens is 2. The molecule has 1 aromatic heterocycles. The van der Waals surface area contributed by atoms with Gasteiger partial charge < -0.3 is 14.0 Å². The number of ether oxygens (including phenoxy) is 2. The summed E-state index contributed by atoms with van der Waals surface area (Å²) in [5, 5.41) is 10.3. The largest absolute Gasteiger partial charge is 0.497 e. The maximum Gasteiger partial charge on any atom is 0.337 e. The summed E-state index contributed by atoms with van der Waals surface area (Å²) in [6.45, 7) is 0.232. The Bertz CT molecular complexity index is 1710. The third-order valence-corrected chi connectivity index (χ3v) is 7.99. The van der Waals surface area contributed by atoms with Crippen molar-refractivity contribution >= 4 is 23.1 Å². The number of aromatic nitrogens is 1. The van der Waals surface area contributed by atoms with Crippen LogP contribution >= 0.6 is 0 Å². The molecule has 0 amide bonds. The molecule has 196 valence electrons. The lowest BCUT2D eigenvalue weighted by molar-refractivity contribution is 0.0600. The van der Waals surface area contributed by atoms with E-state index in [1.807, 2.05) is 10.6 Å². The standard InChI is InChI=1S/C31H25F2N3O3/c1-38-23-14-21(32)13-22(15-23)36-25-12-20-16-35-17-24(20)28(33)27(25)26(29(36)31(10-11-34)8-3-9-31)18-4-6-19(7-5-18)30(37)39-2/h4-7,12-16H,3,8-10,17H2,1-2H3. The average molecular weight is 526 g/mol. The first-order chi connectivity index (χ1) is 18.9. The van der Waals surface area contributed by atoms with Crippen molar-refractivity contribution in [1.82, 2.24) is 4.57 Å². The molecular formula is C31H25F2N3O3. The minimum atomic E-state index is -0.561. The van der Waals surface area contributed by atoms with Crippen LogP contribution in [-0.4, -0.2) is 31.0 Å². The summed E-state index contributed by atoms with van der Waals surface area (Å²) in [5.74, 6) is -1.03. The van der Waals surface area contributed by atoms with E-state index in [0.29, 0.717) is 50.2 Å². The van der Waals surface area contributed by atoms with E-state index in [1.54, 1.807) is 36.5 Å². The highest BCUT2D eigenvalue weighted by Crippen LogP contribution is 2.54. The molecule has 0 atom stereocenters. The lowest BCUT2D eigenvalue weighted by Gasteiger charge is -2.42. The van der Waals surface area contributed by atoms with Gasteiger partial charge in [-0.25, -0.2) is 13.6 Å². The van der Waals surface area contributed by atoms with Gasteiger partial charge in [-0.1, -0.05) is 18.6 Å². The number of hydrogen-bond donors (Lipinski definition) is 0. The molecular weight excluding hydrogens is 500 g/mol. The quantitative estimate of drug-likeness (QED) is 0.265. The second kappa shape index (κ2) is 9.35. The van der Waals surface area contributed by atoms with Crippen molar-refractivity contribution in [3.05, 3.63) is 82.5 Å². The summed E-state index contributed by atoms with van der Waals surface area (Å²) in [5.41, 5.74) is 4.08. The summed E-state index contributed by atoms with van der Waals surface area (Å²) in [6.07, 6.45) is 4.27.